The molecule has 0 spiro atoms. The fraction of sp³-hybridized carbons (Fsp3) is 0.333. The Morgan fingerprint density at radius 1 is 1.35 bits per heavy atom. The van der Waals surface area contributed by atoms with Gasteiger partial charge >= 0.3 is 0 Å². The van der Waals surface area contributed by atoms with E-state index in [0.717, 1.165) is 12.1 Å². The first-order valence-corrected chi connectivity index (χ1v) is 7.49. The van der Waals surface area contributed by atoms with Gasteiger partial charge in [-0.1, -0.05) is 0 Å². The average Bonchev–Trinajstić information content (AvgIpc) is 3.08. The molecule has 2 unspecified atom stereocenters. The molecule has 1 aliphatic carbocycles. The number of amides is 1. The van der Waals surface area contributed by atoms with Crippen LogP contribution in [0.5, 0.6) is 0 Å². The highest BCUT2D eigenvalue weighted by Crippen LogP contribution is 2.50. The molecule has 3 rings (SSSR count). The summed E-state index contributed by atoms with van der Waals surface area (Å²) in [4.78, 5) is 27.9. The SMILES string of the molecule is Cc1ccc(NC(=O)C2CC2c2sccc2C)c(=O)[nH]1. The van der Waals surface area contributed by atoms with Crippen molar-refractivity contribution in [3.8, 4) is 0 Å². The van der Waals surface area contributed by atoms with Gasteiger partial charge in [-0.3, -0.25) is 9.59 Å². The van der Waals surface area contributed by atoms with Gasteiger partial charge in [0.15, 0.2) is 0 Å². The molecule has 2 atom stereocenters. The van der Waals surface area contributed by atoms with Gasteiger partial charge < -0.3 is 10.3 Å². The van der Waals surface area contributed by atoms with E-state index in [1.54, 1.807) is 23.5 Å². The smallest absolute Gasteiger partial charge is 0.271 e. The molecule has 0 aliphatic heterocycles. The fourth-order valence-electron chi connectivity index (χ4n) is 2.43. The number of thiophene rings is 1. The molecule has 5 heteroatoms. The Hall–Kier alpha value is -1.88. The third-order valence-corrected chi connectivity index (χ3v) is 4.83. The number of aromatic nitrogens is 1. The Bertz CT molecular complexity index is 717. The fourth-order valence-corrected chi connectivity index (χ4v) is 3.54. The third kappa shape index (κ3) is 2.41. The van der Waals surface area contributed by atoms with E-state index < -0.39 is 0 Å². The number of aromatic amines is 1. The van der Waals surface area contributed by atoms with Crippen LogP contribution in [0.25, 0.3) is 0 Å². The second-order valence-electron chi connectivity index (χ2n) is 5.29. The van der Waals surface area contributed by atoms with Gasteiger partial charge in [0.05, 0.1) is 0 Å². The van der Waals surface area contributed by atoms with E-state index in [9.17, 15) is 9.59 Å². The normalized spacial score (nSPS) is 20.7. The first-order valence-electron chi connectivity index (χ1n) is 6.61. The number of rotatable bonds is 3. The maximum absolute atomic E-state index is 12.2. The van der Waals surface area contributed by atoms with Gasteiger partial charge in [-0.15, -0.1) is 11.3 Å². The van der Waals surface area contributed by atoms with Crippen LogP contribution in [0.3, 0.4) is 0 Å². The molecule has 2 aromatic heterocycles. The first kappa shape index (κ1) is 13.1. The molecule has 1 amide bonds. The molecule has 0 radical (unpaired) electrons. The monoisotopic (exact) mass is 288 g/mol. The number of hydrogen-bond donors (Lipinski definition) is 2. The molecule has 104 valence electrons. The van der Waals surface area contributed by atoms with Gasteiger partial charge in [-0.2, -0.15) is 0 Å². The summed E-state index contributed by atoms with van der Waals surface area (Å²) in [5, 5.41) is 4.79. The predicted octanol–water partition coefficient (Wildman–Crippen LogP) is 2.80. The van der Waals surface area contributed by atoms with E-state index in [0.29, 0.717) is 11.6 Å². The predicted molar refractivity (Wildman–Crippen MR) is 80.3 cm³/mol. The highest BCUT2D eigenvalue weighted by molar-refractivity contribution is 7.10. The number of aryl methyl sites for hydroxylation is 2. The summed E-state index contributed by atoms with van der Waals surface area (Å²) in [5.74, 6) is 0.254. The number of nitrogens with one attached hydrogen (secondary N) is 2. The quantitative estimate of drug-likeness (QED) is 0.912. The highest BCUT2D eigenvalue weighted by Gasteiger charge is 2.45. The van der Waals surface area contributed by atoms with Crippen molar-refractivity contribution in [3.63, 3.8) is 0 Å². The van der Waals surface area contributed by atoms with Crippen molar-refractivity contribution in [2.45, 2.75) is 26.2 Å². The van der Waals surface area contributed by atoms with E-state index in [1.807, 2.05) is 6.92 Å². The van der Waals surface area contributed by atoms with E-state index >= 15 is 0 Å². The lowest BCUT2D eigenvalue weighted by atomic mass is 10.2. The zero-order chi connectivity index (χ0) is 14.3. The van der Waals surface area contributed by atoms with E-state index in [-0.39, 0.29) is 17.4 Å². The van der Waals surface area contributed by atoms with Crippen LogP contribution < -0.4 is 10.9 Å². The molecule has 2 N–H and O–H groups in total. The summed E-state index contributed by atoms with van der Waals surface area (Å²) in [6.07, 6.45) is 0.872. The minimum atomic E-state index is -0.247. The maximum atomic E-state index is 12.2. The number of carbonyl (C=O) groups excluding carboxylic acids is 1. The number of H-pyrrole nitrogens is 1. The van der Waals surface area contributed by atoms with E-state index in [2.05, 4.69) is 28.7 Å². The summed E-state index contributed by atoms with van der Waals surface area (Å²) >= 11 is 1.70. The topological polar surface area (TPSA) is 62.0 Å². The van der Waals surface area contributed by atoms with E-state index in [4.69, 9.17) is 0 Å². The molecule has 0 aromatic carbocycles. The summed E-state index contributed by atoms with van der Waals surface area (Å²) in [5.41, 5.74) is 2.12. The maximum Gasteiger partial charge on any atom is 0.271 e. The molecule has 0 bridgehead atoms. The number of pyridine rings is 1. The van der Waals surface area contributed by atoms with E-state index in [1.165, 1.54) is 10.4 Å². The molecule has 1 fully saturated rings. The molecule has 20 heavy (non-hydrogen) atoms. The summed E-state index contributed by atoms with van der Waals surface area (Å²) < 4.78 is 0. The lowest BCUT2D eigenvalue weighted by Gasteiger charge is -2.04. The Morgan fingerprint density at radius 2 is 2.15 bits per heavy atom. The Morgan fingerprint density at radius 3 is 2.80 bits per heavy atom. The third-order valence-electron chi connectivity index (χ3n) is 3.68. The lowest BCUT2D eigenvalue weighted by molar-refractivity contribution is -0.117. The lowest BCUT2D eigenvalue weighted by Crippen LogP contribution is -2.21. The van der Waals surface area contributed by atoms with Crippen LogP contribution in [0.1, 0.15) is 28.5 Å². The van der Waals surface area contributed by atoms with Crippen LogP contribution in [0.4, 0.5) is 5.69 Å². The van der Waals surface area contributed by atoms with Crippen LogP contribution >= 0.6 is 11.3 Å². The van der Waals surface area contributed by atoms with Crippen molar-refractivity contribution in [1.82, 2.24) is 4.98 Å². The van der Waals surface area contributed by atoms with Gasteiger partial charge in [0.25, 0.3) is 5.56 Å². The zero-order valence-corrected chi connectivity index (χ0v) is 12.2. The van der Waals surface area contributed by atoms with Crippen molar-refractivity contribution in [2.24, 2.45) is 5.92 Å². The molecular formula is C15H16N2O2S. The van der Waals surface area contributed by atoms with Gasteiger partial charge in [0.1, 0.15) is 5.69 Å². The van der Waals surface area contributed by atoms with Crippen LogP contribution in [-0.2, 0) is 4.79 Å². The van der Waals surface area contributed by atoms with Crippen LogP contribution in [-0.4, -0.2) is 10.9 Å². The molecule has 1 aliphatic rings. The molecule has 0 saturated heterocycles. The van der Waals surface area contributed by atoms with Crippen LogP contribution in [0.15, 0.2) is 28.4 Å². The Balaban J connectivity index is 1.70. The van der Waals surface area contributed by atoms with Crippen molar-refractivity contribution in [2.75, 3.05) is 5.32 Å². The Kier molecular flexibility index (Phi) is 3.22. The number of anilines is 1. The summed E-state index contributed by atoms with van der Waals surface area (Å²) in [6, 6.07) is 5.52. The summed E-state index contributed by atoms with van der Waals surface area (Å²) in [7, 11) is 0. The molecular weight excluding hydrogens is 272 g/mol. The zero-order valence-electron chi connectivity index (χ0n) is 11.4. The Labute approximate surface area is 120 Å². The first-order chi connectivity index (χ1) is 9.56. The van der Waals surface area contributed by atoms with Crippen molar-refractivity contribution in [1.29, 1.82) is 0 Å². The number of carbonyl (C=O) groups is 1. The minimum Gasteiger partial charge on any atom is -0.325 e. The average molecular weight is 288 g/mol. The van der Waals surface area contributed by atoms with Gasteiger partial charge in [-0.25, -0.2) is 0 Å². The summed E-state index contributed by atoms with van der Waals surface area (Å²) in [6.45, 7) is 3.88. The van der Waals surface area contributed by atoms with Crippen molar-refractivity contribution in [3.05, 3.63) is 50.1 Å². The minimum absolute atomic E-state index is 0.00643. The van der Waals surface area contributed by atoms with Crippen molar-refractivity contribution >= 4 is 22.9 Å². The molecule has 4 nitrogen and oxygen atoms in total. The second kappa shape index (κ2) is 4.90. The molecule has 2 aromatic rings. The van der Waals surface area contributed by atoms with Crippen LogP contribution in [0, 0.1) is 19.8 Å². The van der Waals surface area contributed by atoms with Gasteiger partial charge in [0, 0.05) is 22.4 Å². The van der Waals surface area contributed by atoms with Gasteiger partial charge in [-0.05, 0) is 49.4 Å². The largest absolute Gasteiger partial charge is 0.325 e. The highest BCUT2D eigenvalue weighted by atomic mass is 32.1. The van der Waals surface area contributed by atoms with Crippen LogP contribution in [0.2, 0.25) is 0 Å². The second-order valence-corrected chi connectivity index (χ2v) is 6.24. The molecule has 1 saturated carbocycles. The number of hydrogen-bond acceptors (Lipinski definition) is 3. The molecule has 2 heterocycles. The van der Waals surface area contributed by atoms with Gasteiger partial charge in [0.2, 0.25) is 5.91 Å². The van der Waals surface area contributed by atoms with Crippen molar-refractivity contribution < 1.29 is 4.79 Å². The standard InChI is InChI=1S/C15H16N2O2S/c1-8-5-6-20-13(8)10-7-11(10)14(18)17-12-4-3-9(2)16-15(12)19/h3-6,10-11H,7H2,1-2H3,(H,16,19)(H,17,18).